The molecule has 16 heavy (non-hydrogen) atoms. The lowest BCUT2D eigenvalue weighted by atomic mass is 9.60. The highest BCUT2D eigenvalue weighted by molar-refractivity contribution is 5.43. The lowest BCUT2D eigenvalue weighted by molar-refractivity contribution is 0.0514. The summed E-state index contributed by atoms with van der Waals surface area (Å²) in [6, 6.07) is 4.85. The van der Waals surface area contributed by atoms with Gasteiger partial charge < -0.3 is 10.2 Å². The zero-order chi connectivity index (χ0) is 11.2. The Bertz CT molecular complexity index is 373. The molecule has 0 bridgehead atoms. The first kappa shape index (κ1) is 10.0. The smallest absolute Gasteiger partial charge is 0.151 e. The summed E-state index contributed by atoms with van der Waals surface area (Å²) in [6.45, 7) is 4.28. The number of nitrogens with zero attached hydrogens (tertiary/aromatic N) is 3. The van der Waals surface area contributed by atoms with Crippen LogP contribution >= 0.6 is 0 Å². The second kappa shape index (κ2) is 3.42. The Morgan fingerprint density at radius 2 is 2.06 bits per heavy atom. The van der Waals surface area contributed by atoms with Crippen molar-refractivity contribution in [2.24, 2.45) is 5.41 Å². The molecule has 2 heterocycles. The number of anilines is 1. The Kier molecular flexibility index (Phi) is 2.14. The van der Waals surface area contributed by atoms with Gasteiger partial charge in [0, 0.05) is 24.5 Å². The normalized spacial score (nSPS) is 23.0. The van der Waals surface area contributed by atoms with Gasteiger partial charge in [0.05, 0.1) is 5.69 Å². The minimum atomic E-state index is 0.584. The van der Waals surface area contributed by atoms with E-state index >= 15 is 0 Å². The summed E-state index contributed by atoms with van der Waals surface area (Å²) in [5, 5.41) is 11.7. The SMILES string of the molecule is CNC1CC2(C1)CN(c1ccc(C)nn1)C2. The second-order valence-corrected chi connectivity index (χ2v) is 5.28. The highest BCUT2D eigenvalue weighted by Crippen LogP contribution is 2.49. The van der Waals surface area contributed by atoms with Crippen LogP contribution in [-0.2, 0) is 0 Å². The third-order valence-electron chi connectivity index (χ3n) is 3.93. The van der Waals surface area contributed by atoms with E-state index in [0.29, 0.717) is 5.41 Å². The van der Waals surface area contributed by atoms with Crippen LogP contribution in [0.5, 0.6) is 0 Å². The molecule has 1 aromatic rings. The molecule has 0 radical (unpaired) electrons. The fourth-order valence-electron chi connectivity index (χ4n) is 2.93. The van der Waals surface area contributed by atoms with Crippen molar-refractivity contribution in [1.82, 2.24) is 15.5 Å². The van der Waals surface area contributed by atoms with Gasteiger partial charge in [0.15, 0.2) is 5.82 Å². The maximum Gasteiger partial charge on any atom is 0.151 e. The molecule has 1 aliphatic heterocycles. The molecular formula is C12H18N4. The zero-order valence-corrected chi connectivity index (χ0v) is 9.90. The highest BCUT2D eigenvalue weighted by Gasteiger charge is 2.52. The van der Waals surface area contributed by atoms with E-state index < -0.39 is 0 Å². The van der Waals surface area contributed by atoms with E-state index in [4.69, 9.17) is 0 Å². The first-order valence-corrected chi connectivity index (χ1v) is 5.93. The Morgan fingerprint density at radius 3 is 2.62 bits per heavy atom. The van der Waals surface area contributed by atoms with E-state index in [0.717, 1.165) is 30.6 Å². The monoisotopic (exact) mass is 218 g/mol. The molecule has 1 N–H and O–H groups in total. The highest BCUT2D eigenvalue weighted by atomic mass is 15.3. The van der Waals surface area contributed by atoms with Gasteiger partial charge in [0.2, 0.25) is 0 Å². The van der Waals surface area contributed by atoms with Crippen molar-refractivity contribution in [3.8, 4) is 0 Å². The zero-order valence-electron chi connectivity index (χ0n) is 9.90. The molecule has 1 aromatic heterocycles. The summed E-state index contributed by atoms with van der Waals surface area (Å²) in [7, 11) is 2.05. The van der Waals surface area contributed by atoms with Crippen LogP contribution in [0.4, 0.5) is 5.82 Å². The van der Waals surface area contributed by atoms with Crippen molar-refractivity contribution in [2.75, 3.05) is 25.0 Å². The molecule has 1 saturated heterocycles. The fraction of sp³-hybridized carbons (Fsp3) is 0.667. The standard InChI is InChI=1S/C12H18N4/c1-9-3-4-11(15-14-9)16-7-12(8-16)5-10(6-12)13-2/h3-4,10,13H,5-8H2,1-2H3. The van der Waals surface area contributed by atoms with Gasteiger partial charge in [-0.05, 0) is 38.9 Å². The van der Waals surface area contributed by atoms with Crippen LogP contribution < -0.4 is 10.2 Å². The first-order chi connectivity index (χ1) is 7.71. The van der Waals surface area contributed by atoms with Gasteiger partial charge in [0.1, 0.15) is 0 Å². The van der Waals surface area contributed by atoms with E-state index in [1.54, 1.807) is 0 Å². The van der Waals surface area contributed by atoms with Crippen LogP contribution in [0, 0.1) is 12.3 Å². The number of nitrogens with one attached hydrogen (secondary N) is 1. The van der Waals surface area contributed by atoms with Crippen LogP contribution in [0.15, 0.2) is 12.1 Å². The van der Waals surface area contributed by atoms with Crippen molar-refractivity contribution < 1.29 is 0 Å². The van der Waals surface area contributed by atoms with Gasteiger partial charge in [0.25, 0.3) is 0 Å². The van der Waals surface area contributed by atoms with E-state index in [-0.39, 0.29) is 0 Å². The Balaban J connectivity index is 1.60. The molecule has 0 aromatic carbocycles. The second-order valence-electron chi connectivity index (χ2n) is 5.28. The molecule has 86 valence electrons. The van der Waals surface area contributed by atoms with Crippen molar-refractivity contribution in [3.05, 3.63) is 17.8 Å². The summed E-state index contributed by atoms with van der Waals surface area (Å²) >= 11 is 0. The lowest BCUT2D eigenvalue weighted by Gasteiger charge is -2.59. The maximum atomic E-state index is 4.22. The molecule has 2 aliphatic rings. The minimum absolute atomic E-state index is 0.584. The van der Waals surface area contributed by atoms with Gasteiger partial charge in [-0.1, -0.05) is 0 Å². The molecule has 4 heteroatoms. The average molecular weight is 218 g/mol. The van der Waals surface area contributed by atoms with Gasteiger partial charge >= 0.3 is 0 Å². The summed E-state index contributed by atoms with van der Waals surface area (Å²) < 4.78 is 0. The maximum absolute atomic E-state index is 4.22. The Morgan fingerprint density at radius 1 is 1.31 bits per heavy atom. The average Bonchev–Trinajstić information content (AvgIpc) is 2.17. The number of hydrogen-bond acceptors (Lipinski definition) is 4. The topological polar surface area (TPSA) is 41.0 Å². The van der Waals surface area contributed by atoms with Gasteiger partial charge in [-0.25, -0.2) is 0 Å². The predicted molar refractivity (Wildman–Crippen MR) is 63.5 cm³/mol. The fourth-order valence-corrected chi connectivity index (χ4v) is 2.93. The molecule has 1 aliphatic carbocycles. The van der Waals surface area contributed by atoms with Crippen LogP contribution in [0.25, 0.3) is 0 Å². The summed E-state index contributed by atoms with van der Waals surface area (Å²) in [5.41, 5.74) is 1.57. The van der Waals surface area contributed by atoms with Crippen molar-refractivity contribution >= 4 is 5.82 Å². The van der Waals surface area contributed by atoms with Crippen LogP contribution in [-0.4, -0.2) is 36.4 Å². The molecule has 3 rings (SSSR count). The predicted octanol–water partition coefficient (Wildman–Crippen LogP) is 0.973. The summed E-state index contributed by atoms with van der Waals surface area (Å²) in [4.78, 5) is 2.33. The van der Waals surface area contributed by atoms with Gasteiger partial charge in [-0.2, -0.15) is 5.10 Å². The molecule has 0 unspecified atom stereocenters. The summed E-state index contributed by atoms with van der Waals surface area (Å²) in [6.07, 6.45) is 2.64. The Hall–Kier alpha value is -1.16. The minimum Gasteiger partial charge on any atom is -0.354 e. The number of aromatic nitrogens is 2. The first-order valence-electron chi connectivity index (χ1n) is 5.93. The number of aryl methyl sites for hydroxylation is 1. The van der Waals surface area contributed by atoms with E-state index in [9.17, 15) is 0 Å². The van der Waals surface area contributed by atoms with Crippen LogP contribution in [0.2, 0.25) is 0 Å². The molecule has 1 spiro atoms. The Labute approximate surface area is 96.1 Å². The van der Waals surface area contributed by atoms with Crippen molar-refractivity contribution in [3.63, 3.8) is 0 Å². The molecule has 2 fully saturated rings. The molecule has 1 saturated carbocycles. The van der Waals surface area contributed by atoms with E-state index in [1.165, 1.54) is 12.8 Å². The van der Waals surface area contributed by atoms with E-state index in [1.807, 2.05) is 13.0 Å². The molecule has 4 nitrogen and oxygen atoms in total. The van der Waals surface area contributed by atoms with Crippen molar-refractivity contribution in [1.29, 1.82) is 0 Å². The third-order valence-corrected chi connectivity index (χ3v) is 3.93. The van der Waals surface area contributed by atoms with Crippen molar-refractivity contribution in [2.45, 2.75) is 25.8 Å². The van der Waals surface area contributed by atoms with Gasteiger partial charge in [-0.15, -0.1) is 5.10 Å². The molecule has 0 atom stereocenters. The summed E-state index contributed by atoms with van der Waals surface area (Å²) in [5.74, 6) is 1.03. The number of rotatable bonds is 2. The van der Waals surface area contributed by atoms with Crippen LogP contribution in [0.3, 0.4) is 0 Å². The van der Waals surface area contributed by atoms with Gasteiger partial charge in [-0.3, -0.25) is 0 Å². The van der Waals surface area contributed by atoms with Crippen LogP contribution in [0.1, 0.15) is 18.5 Å². The third kappa shape index (κ3) is 1.48. The molecular weight excluding hydrogens is 200 g/mol. The lowest BCUT2D eigenvalue weighted by Crippen LogP contribution is -2.66. The largest absolute Gasteiger partial charge is 0.354 e. The van der Waals surface area contributed by atoms with E-state index in [2.05, 4.69) is 33.5 Å². The number of hydrogen-bond donors (Lipinski definition) is 1. The quantitative estimate of drug-likeness (QED) is 0.803. The molecule has 0 amide bonds.